The van der Waals surface area contributed by atoms with Gasteiger partial charge >= 0.3 is 0 Å². The summed E-state index contributed by atoms with van der Waals surface area (Å²) in [6.45, 7) is 8.74. The minimum atomic E-state index is -0.269. The van der Waals surface area contributed by atoms with Crippen LogP contribution in [0.15, 0.2) is 170 Å². The molecule has 0 saturated carbocycles. The van der Waals surface area contributed by atoms with Crippen molar-refractivity contribution in [3.8, 4) is 39.6 Å². The summed E-state index contributed by atoms with van der Waals surface area (Å²) in [7, 11) is 0. The third-order valence-corrected chi connectivity index (χ3v) is 10.8. The molecule has 59 heavy (non-hydrogen) atoms. The minimum Gasteiger partial charge on any atom is -0.509 e. The molecule has 7 aromatic carbocycles. The van der Waals surface area contributed by atoms with Crippen LogP contribution in [0.5, 0.6) is 11.5 Å². The maximum atomic E-state index is 14.2. The third kappa shape index (κ3) is 6.98. The SMILES string of the molecule is CC(C)(C)c1ccnc(-n2c3[c-]c(Oc4[c-]c(N5[CH-]N(c6c(-c7ccccc7)cccc6-c6ccc(F)cc6)c6ccccc65)ccc4)ccc3c3ccccc32)c1.[Pt]. The number of anilines is 4. The smallest absolute Gasteiger partial charge is 0.135 e. The Balaban J connectivity index is 0.00000449. The van der Waals surface area contributed by atoms with E-state index in [1.807, 2.05) is 66.9 Å². The van der Waals surface area contributed by atoms with E-state index < -0.39 is 0 Å². The van der Waals surface area contributed by atoms with E-state index in [4.69, 9.17) is 9.72 Å². The summed E-state index contributed by atoms with van der Waals surface area (Å²) in [4.78, 5) is 9.19. The van der Waals surface area contributed by atoms with Gasteiger partial charge in [-0.1, -0.05) is 117 Å². The largest absolute Gasteiger partial charge is 0.509 e. The Hall–Kier alpha value is -6.49. The van der Waals surface area contributed by atoms with Gasteiger partial charge in [-0.3, -0.25) is 0 Å². The Morgan fingerprint density at radius 3 is 2.03 bits per heavy atom. The molecule has 5 nitrogen and oxygen atoms in total. The number of hydrogen-bond acceptors (Lipinski definition) is 4. The van der Waals surface area contributed by atoms with Gasteiger partial charge in [0.15, 0.2) is 0 Å². The van der Waals surface area contributed by atoms with Crippen LogP contribution >= 0.6 is 0 Å². The van der Waals surface area contributed by atoms with Crippen molar-refractivity contribution in [2.24, 2.45) is 0 Å². The van der Waals surface area contributed by atoms with E-state index in [2.05, 4.69) is 145 Å². The van der Waals surface area contributed by atoms with Crippen molar-refractivity contribution >= 4 is 44.6 Å². The Morgan fingerprint density at radius 1 is 0.610 bits per heavy atom. The summed E-state index contributed by atoms with van der Waals surface area (Å²) in [6, 6.07) is 61.5. The van der Waals surface area contributed by atoms with Crippen molar-refractivity contribution in [3.05, 3.63) is 200 Å². The van der Waals surface area contributed by atoms with Gasteiger partial charge in [0.25, 0.3) is 0 Å². The summed E-state index contributed by atoms with van der Waals surface area (Å²) in [5, 5.41) is 2.20. The second-order valence-electron chi connectivity index (χ2n) is 15.5. The number of aromatic nitrogens is 2. The fourth-order valence-electron chi connectivity index (χ4n) is 7.93. The van der Waals surface area contributed by atoms with Crippen LogP contribution in [-0.2, 0) is 26.5 Å². The van der Waals surface area contributed by atoms with Crippen LogP contribution in [0.3, 0.4) is 0 Å². The predicted octanol–water partition coefficient (Wildman–Crippen LogP) is 13.7. The number of ether oxygens (including phenoxy) is 1. The molecule has 0 atom stereocenters. The van der Waals surface area contributed by atoms with Crippen molar-refractivity contribution in [3.63, 3.8) is 0 Å². The van der Waals surface area contributed by atoms with Crippen molar-refractivity contribution < 1.29 is 30.2 Å². The normalized spacial score (nSPS) is 12.5. The summed E-state index contributed by atoms with van der Waals surface area (Å²) in [6.07, 6.45) is 1.88. The van der Waals surface area contributed by atoms with Crippen LogP contribution in [-0.4, -0.2) is 9.55 Å². The zero-order chi connectivity index (χ0) is 39.4. The van der Waals surface area contributed by atoms with Gasteiger partial charge in [0.2, 0.25) is 0 Å². The third-order valence-electron chi connectivity index (χ3n) is 10.8. The standard InChI is InChI=1S/C52H38FN4O.Pt/c1-52(2,3)37-29-30-54-50(31-37)57-46-20-8-7-17-44(46)45-28-27-41(33-49(45)57)58-40-16-11-15-39(32-40)55-34-56(48-22-10-9-21-47(48)55)51-42(35-13-5-4-6-14-35)18-12-19-43(51)36-23-25-38(53)26-24-36;/h4-31,34H,1-3H3;/q-3;. The molecular formula is C52H38FN4OPt-3. The summed E-state index contributed by atoms with van der Waals surface area (Å²) < 4.78 is 22.9. The second-order valence-corrected chi connectivity index (χ2v) is 15.5. The average Bonchev–Trinajstić information content (AvgIpc) is 3.80. The molecule has 2 aromatic heterocycles. The predicted molar refractivity (Wildman–Crippen MR) is 234 cm³/mol. The zero-order valence-electron chi connectivity index (χ0n) is 32.6. The van der Waals surface area contributed by atoms with Crippen molar-refractivity contribution in [1.82, 2.24) is 9.55 Å². The molecule has 0 N–H and O–H groups in total. The maximum Gasteiger partial charge on any atom is 0.135 e. The molecule has 0 fully saturated rings. The minimum absolute atomic E-state index is 0. The summed E-state index contributed by atoms with van der Waals surface area (Å²) >= 11 is 0. The van der Waals surface area contributed by atoms with Crippen LogP contribution in [0, 0.1) is 24.6 Å². The molecule has 1 aliphatic rings. The molecule has 3 heterocycles. The topological polar surface area (TPSA) is 33.5 Å². The van der Waals surface area contributed by atoms with Crippen LogP contribution < -0.4 is 14.5 Å². The number of benzene rings is 7. The average molecular weight is 949 g/mol. The maximum absolute atomic E-state index is 14.2. The molecule has 0 spiro atoms. The van der Waals surface area contributed by atoms with E-state index in [1.165, 1.54) is 17.7 Å². The number of rotatable bonds is 7. The zero-order valence-corrected chi connectivity index (χ0v) is 34.9. The molecule has 9 aromatic rings. The van der Waals surface area contributed by atoms with E-state index in [9.17, 15) is 4.39 Å². The first-order valence-corrected chi connectivity index (χ1v) is 19.4. The van der Waals surface area contributed by atoms with Gasteiger partial charge in [0.05, 0.1) is 0 Å². The first kappa shape index (κ1) is 38.0. The first-order valence-electron chi connectivity index (χ1n) is 19.4. The Labute approximate surface area is 358 Å². The van der Waals surface area contributed by atoms with E-state index in [-0.39, 0.29) is 32.3 Å². The van der Waals surface area contributed by atoms with Crippen LogP contribution in [0.25, 0.3) is 49.9 Å². The van der Waals surface area contributed by atoms with E-state index in [1.54, 1.807) is 0 Å². The molecule has 0 saturated heterocycles. The van der Waals surface area contributed by atoms with E-state index >= 15 is 0 Å². The van der Waals surface area contributed by atoms with E-state index in [0.29, 0.717) is 11.5 Å². The second kappa shape index (κ2) is 15.4. The molecule has 292 valence electrons. The summed E-state index contributed by atoms with van der Waals surface area (Å²) in [5.41, 5.74) is 11.0. The van der Waals surface area contributed by atoms with E-state index in [0.717, 1.165) is 72.6 Å². The van der Waals surface area contributed by atoms with Gasteiger partial charge in [0.1, 0.15) is 11.6 Å². The number of para-hydroxylation sites is 4. The molecular weight excluding hydrogens is 911 g/mol. The molecule has 0 radical (unpaired) electrons. The molecule has 0 bridgehead atoms. The fraction of sp³-hybridized carbons (Fsp3) is 0.0769. The molecule has 7 heteroatoms. The van der Waals surface area contributed by atoms with Crippen molar-refractivity contribution in [1.29, 1.82) is 0 Å². The van der Waals surface area contributed by atoms with Gasteiger partial charge in [-0.05, 0) is 70.0 Å². The van der Waals surface area contributed by atoms with Crippen LogP contribution in [0.4, 0.5) is 27.1 Å². The number of hydrogen-bond donors (Lipinski definition) is 0. The van der Waals surface area contributed by atoms with Crippen molar-refractivity contribution in [2.75, 3.05) is 9.80 Å². The van der Waals surface area contributed by atoms with Gasteiger partial charge in [-0.25, -0.2) is 9.37 Å². The van der Waals surface area contributed by atoms with Gasteiger partial charge in [-0.2, -0.15) is 12.1 Å². The Morgan fingerprint density at radius 2 is 1.27 bits per heavy atom. The quantitative estimate of drug-likeness (QED) is 0.149. The number of nitrogens with zero attached hydrogens (tertiary/aromatic N) is 4. The fourth-order valence-corrected chi connectivity index (χ4v) is 7.93. The van der Waals surface area contributed by atoms with Crippen LogP contribution in [0.1, 0.15) is 26.3 Å². The van der Waals surface area contributed by atoms with Gasteiger partial charge in [-0.15, -0.1) is 48.1 Å². The van der Waals surface area contributed by atoms with Crippen LogP contribution in [0.2, 0.25) is 0 Å². The molecule has 10 rings (SSSR count). The Kier molecular flexibility index (Phi) is 9.90. The van der Waals surface area contributed by atoms with Gasteiger partial charge in [0, 0.05) is 72.5 Å². The number of pyridine rings is 1. The van der Waals surface area contributed by atoms with Gasteiger partial charge < -0.3 is 19.1 Å². The molecule has 0 aliphatic carbocycles. The molecule has 0 unspecified atom stereocenters. The molecule has 1 aliphatic heterocycles. The molecule has 0 amide bonds. The summed E-state index contributed by atoms with van der Waals surface area (Å²) in [5.74, 6) is 1.70. The number of fused-ring (bicyclic) bond motifs is 4. The first-order chi connectivity index (χ1) is 28.3. The monoisotopic (exact) mass is 948 g/mol. The number of halogens is 1. The Bertz CT molecular complexity index is 2970. The van der Waals surface area contributed by atoms with Crippen molar-refractivity contribution in [2.45, 2.75) is 26.2 Å².